The van der Waals surface area contributed by atoms with E-state index in [-0.39, 0.29) is 11.4 Å². The summed E-state index contributed by atoms with van der Waals surface area (Å²) >= 11 is 1.44. The third-order valence-electron chi connectivity index (χ3n) is 5.21. The van der Waals surface area contributed by atoms with E-state index in [0.29, 0.717) is 23.0 Å². The number of benzene rings is 2. The lowest BCUT2D eigenvalue weighted by Gasteiger charge is -2.27. The van der Waals surface area contributed by atoms with Crippen LogP contribution in [0.4, 0.5) is 10.1 Å². The highest BCUT2D eigenvalue weighted by Gasteiger charge is 2.21. The van der Waals surface area contributed by atoms with Gasteiger partial charge in [-0.2, -0.15) is 0 Å². The zero-order chi connectivity index (χ0) is 20.2. The predicted molar refractivity (Wildman–Crippen MR) is 112 cm³/mol. The predicted octanol–water partition coefficient (Wildman–Crippen LogP) is 5.60. The van der Waals surface area contributed by atoms with Crippen LogP contribution in [0.5, 0.6) is 0 Å². The van der Waals surface area contributed by atoms with Crippen molar-refractivity contribution >= 4 is 23.4 Å². The molecule has 29 heavy (non-hydrogen) atoms. The third kappa shape index (κ3) is 4.43. The van der Waals surface area contributed by atoms with Gasteiger partial charge in [0.15, 0.2) is 0 Å². The average molecular weight is 408 g/mol. The standard InChI is InChI=1S/C23H21FN2O2S/c24-20-6-1-2-7-22(20)29-17-8-9-18-15(12-17)4-3-5-16(18)13-26-21-14-25-11-10-19(21)23(27)28/h1-2,6-12,14,16,26H,3-5,13H2,(H,27,28). The van der Waals surface area contributed by atoms with Crippen molar-refractivity contribution in [1.82, 2.24) is 4.98 Å². The maximum absolute atomic E-state index is 14.0. The molecule has 1 aliphatic carbocycles. The number of hydrogen-bond acceptors (Lipinski definition) is 4. The van der Waals surface area contributed by atoms with Gasteiger partial charge in [0, 0.05) is 28.5 Å². The van der Waals surface area contributed by atoms with E-state index >= 15 is 0 Å². The van der Waals surface area contributed by atoms with Crippen LogP contribution in [0.3, 0.4) is 0 Å². The molecule has 1 aliphatic rings. The number of aryl methyl sites for hydroxylation is 1. The van der Waals surface area contributed by atoms with Crippen LogP contribution in [0.2, 0.25) is 0 Å². The molecule has 0 saturated carbocycles. The molecule has 148 valence electrons. The zero-order valence-corrected chi connectivity index (χ0v) is 16.6. The molecule has 2 aromatic carbocycles. The first kappa shape index (κ1) is 19.5. The molecule has 0 saturated heterocycles. The zero-order valence-electron chi connectivity index (χ0n) is 15.8. The van der Waals surface area contributed by atoms with Gasteiger partial charge >= 0.3 is 5.97 Å². The van der Waals surface area contributed by atoms with Crippen LogP contribution < -0.4 is 5.32 Å². The molecular weight excluding hydrogens is 387 g/mol. The molecule has 0 fully saturated rings. The first-order valence-corrected chi connectivity index (χ1v) is 10.4. The summed E-state index contributed by atoms with van der Waals surface area (Å²) in [5.74, 6) is -0.870. The van der Waals surface area contributed by atoms with E-state index < -0.39 is 5.97 Å². The highest BCUT2D eigenvalue weighted by molar-refractivity contribution is 7.99. The second kappa shape index (κ2) is 8.66. The third-order valence-corrected chi connectivity index (χ3v) is 6.25. The van der Waals surface area contributed by atoms with Crippen LogP contribution in [0.25, 0.3) is 0 Å². The molecule has 1 aromatic heterocycles. The number of aromatic nitrogens is 1. The van der Waals surface area contributed by atoms with Crippen molar-refractivity contribution in [1.29, 1.82) is 0 Å². The molecule has 3 aromatic rings. The molecule has 0 amide bonds. The fraction of sp³-hybridized carbons (Fsp3) is 0.217. The van der Waals surface area contributed by atoms with E-state index in [1.54, 1.807) is 18.3 Å². The lowest BCUT2D eigenvalue weighted by molar-refractivity contribution is 0.0697. The Labute approximate surface area is 173 Å². The maximum Gasteiger partial charge on any atom is 0.337 e. The van der Waals surface area contributed by atoms with Crippen molar-refractivity contribution in [3.05, 3.63) is 83.4 Å². The van der Waals surface area contributed by atoms with Crippen molar-refractivity contribution in [3.8, 4) is 0 Å². The number of fused-ring (bicyclic) bond motifs is 1. The van der Waals surface area contributed by atoms with Gasteiger partial charge in [0.2, 0.25) is 0 Å². The van der Waals surface area contributed by atoms with Gasteiger partial charge in [-0.3, -0.25) is 4.98 Å². The number of carbonyl (C=O) groups is 1. The summed E-state index contributed by atoms with van der Waals surface area (Å²) in [5, 5.41) is 12.6. The lowest BCUT2D eigenvalue weighted by atomic mass is 9.83. The van der Waals surface area contributed by atoms with Gasteiger partial charge < -0.3 is 10.4 Å². The fourth-order valence-electron chi connectivity index (χ4n) is 3.78. The van der Waals surface area contributed by atoms with Gasteiger partial charge in [0.05, 0.1) is 17.4 Å². The molecule has 1 atom stereocenters. The lowest BCUT2D eigenvalue weighted by Crippen LogP contribution is -2.19. The molecular formula is C23H21FN2O2S. The average Bonchev–Trinajstić information content (AvgIpc) is 2.74. The van der Waals surface area contributed by atoms with Crippen LogP contribution in [0.1, 0.15) is 40.2 Å². The summed E-state index contributed by atoms with van der Waals surface area (Å²) in [6.07, 6.45) is 6.17. The monoisotopic (exact) mass is 408 g/mol. The van der Waals surface area contributed by atoms with E-state index in [0.717, 1.165) is 24.2 Å². The summed E-state index contributed by atoms with van der Waals surface area (Å²) in [5.41, 5.74) is 3.34. The topological polar surface area (TPSA) is 62.2 Å². The summed E-state index contributed by atoms with van der Waals surface area (Å²) < 4.78 is 14.0. The van der Waals surface area contributed by atoms with Crippen LogP contribution in [-0.4, -0.2) is 22.6 Å². The van der Waals surface area contributed by atoms with Crippen molar-refractivity contribution < 1.29 is 14.3 Å². The molecule has 2 N–H and O–H groups in total. The summed E-state index contributed by atoms with van der Waals surface area (Å²) in [4.78, 5) is 17.1. The molecule has 0 aliphatic heterocycles. The fourth-order valence-corrected chi connectivity index (χ4v) is 4.68. The Morgan fingerprint density at radius 2 is 2.10 bits per heavy atom. The molecule has 6 heteroatoms. The molecule has 0 bridgehead atoms. The largest absolute Gasteiger partial charge is 0.478 e. The number of pyridine rings is 1. The van der Waals surface area contributed by atoms with Gasteiger partial charge in [-0.1, -0.05) is 30.0 Å². The van der Waals surface area contributed by atoms with E-state index in [2.05, 4.69) is 22.4 Å². The minimum atomic E-state index is -0.964. The van der Waals surface area contributed by atoms with Gasteiger partial charge in [0.1, 0.15) is 5.82 Å². The summed E-state index contributed by atoms with van der Waals surface area (Å²) in [7, 11) is 0. The van der Waals surface area contributed by atoms with Crippen LogP contribution in [0.15, 0.2) is 70.7 Å². The number of halogens is 1. The number of hydrogen-bond donors (Lipinski definition) is 2. The van der Waals surface area contributed by atoms with Crippen LogP contribution in [-0.2, 0) is 6.42 Å². The quantitative estimate of drug-likeness (QED) is 0.556. The van der Waals surface area contributed by atoms with Crippen molar-refractivity contribution in [2.45, 2.75) is 35.0 Å². The van der Waals surface area contributed by atoms with E-state index in [4.69, 9.17) is 0 Å². The number of nitrogens with zero attached hydrogens (tertiary/aromatic N) is 1. The number of anilines is 1. The first-order valence-electron chi connectivity index (χ1n) is 9.58. The minimum absolute atomic E-state index is 0.206. The number of carboxylic acids is 1. The van der Waals surface area contributed by atoms with Gasteiger partial charge in [-0.25, -0.2) is 9.18 Å². The first-order chi connectivity index (χ1) is 14.1. The Morgan fingerprint density at radius 1 is 1.24 bits per heavy atom. The van der Waals surface area contributed by atoms with Crippen molar-refractivity contribution in [2.24, 2.45) is 0 Å². The van der Waals surface area contributed by atoms with E-state index in [1.165, 1.54) is 41.2 Å². The molecule has 4 rings (SSSR count). The number of nitrogens with one attached hydrogen (secondary N) is 1. The van der Waals surface area contributed by atoms with Crippen molar-refractivity contribution in [2.75, 3.05) is 11.9 Å². The van der Waals surface area contributed by atoms with E-state index in [1.807, 2.05) is 12.1 Å². The number of rotatable bonds is 6. The Hall–Kier alpha value is -2.86. The smallest absolute Gasteiger partial charge is 0.337 e. The number of aromatic carboxylic acids is 1. The molecule has 1 unspecified atom stereocenters. The van der Waals surface area contributed by atoms with E-state index in [9.17, 15) is 14.3 Å². The van der Waals surface area contributed by atoms with Crippen LogP contribution in [0, 0.1) is 5.82 Å². The Bertz CT molecular complexity index is 1040. The highest BCUT2D eigenvalue weighted by atomic mass is 32.2. The van der Waals surface area contributed by atoms with Crippen molar-refractivity contribution in [3.63, 3.8) is 0 Å². The minimum Gasteiger partial charge on any atom is -0.478 e. The molecule has 4 nitrogen and oxygen atoms in total. The van der Waals surface area contributed by atoms with Crippen LogP contribution >= 0.6 is 11.8 Å². The summed E-state index contributed by atoms with van der Waals surface area (Å²) in [6, 6.07) is 14.6. The second-order valence-corrected chi connectivity index (χ2v) is 8.20. The SMILES string of the molecule is O=C(O)c1ccncc1NCC1CCCc2cc(Sc3ccccc3F)ccc21. The second-order valence-electron chi connectivity index (χ2n) is 7.09. The Morgan fingerprint density at radius 3 is 2.93 bits per heavy atom. The Kier molecular flexibility index (Phi) is 5.81. The van der Waals surface area contributed by atoms with Gasteiger partial charge in [0.25, 0.3) is 0 Å². The highest BCUT2D eigenvalue weighted by Crippen LogP contribution is 2.37. The normalized spacial score (nSPS) is 15.6. The maximum atomic E-state index is 14.0. The van der Waals surface area contributed by atoms with Gasteiger partial charge in [-0.15, -0.1) is 0 Å². The number of carboxylic acid groups (broad SMARTS) is 1. The van der Waals surface area contributed by atoms with Gasteiger partial charge in [-0.05, 0) is 60.7 Å². The molecule has 1 heterocycles. The Balaban J connectivity index is 1.50. The molecule has 0 radical (unpaired) electrons. The summed E-state index contributed by atoms with van der Waals surface area (Å²) in [6.45, 7) is 0.652. The molecule has 0 spiro atoms.